The Hall–Kier alpha value is -3.42. The molecule has 1 aromatic carbocycles. The number of ketones is 1. The number of ether oxygens (including phenoxy) is 1. The minimum Gasteiger partial charge on any atom is -0.496 e. The van der Waals surface area contributed by atoms with E-state index in [1.807, 2.05) is 19.1 Å². The van der Waals surface area contributed by atoms with Gasteiger partial charge in [0.25, 0.3) is 0 Å². The molecule has 26 heavy (non-hydrogen) atoms. The fourth-order valence-electron chi connectivity index (χ4n) is 2.02. The van der Waals surface area contributed by atoms with Gasteiger partial charge in [-0.15, -0.1) is 0 Å². The molecule has 2 aromatic rings. The van der Waals surface area contributed by atoms with E-state index >= 15 is 0 Å². The molecule has 8 nitrogen and oxygen atoms in total. The zero-order valence-electron chi connectivity index (χ0n) is 14.4. The van der Waals surface area contributed by atoms with Crippen molar-refractivity contribution in [3.63, 3.8) is 0 Å². The van der Waals surface area contributed by atoms with Crippen LogP contribution in [-0.4, -0.2) is 45.0 Å². The molecule has 0 aliphatic rings. The monoisotopic (exact) mass is 360 g/mol. The van der Waals surface area contributed by atoms with E-state index in [1.165, 1.54) is 0 Å². The van der Waals surface area contributed by atoms with Gasteiger partial charge >= 0.3 is 11.9 Å². The summed E-state index contributed by atoms with van der Waals surface area (Å²) in [4.78, 5) is 38.4. The second-order valence-electron chi connectivity index (χ2n) is 5.11. The molecule has 2 rings (SSSR count). The van der Waals surface area contributed by atoms with Crippen molar-refractivity contribution >= 4 is 17.7 Å². The van der Waals surface area contributed by atoms with Crippen LogP contribution >= 0.6 is 0 Å². The average molecular weight is 360 g/mol. The number of carbonyl (C=O) groups excluding carboxylic acids is 1. The van der Waals surface area contributed by atoms with E-state index in [4.69, 9.17) is 14.9 Å². The van der Waals surface area contributed by atoms with Crippen molar-refractivity contribution in [3.8, 4) is 5.75 Å². The summed E-state index contributed by atoms with van der Waals surface area (Å²) in [6.07, 6.45) is 3.85. The highest BCUT2D eigenvalue weighted by molar-refractivity contribution is 5.98. The topological polar surface area (TPSA) is 130 Å². The predicted molar refractivity (Wildman–Crippen MR) is 93.4 cm³/mol. The van der Waals surface area contributed by atoms with Crippen LogP contribution in [0.25, 0.3) is 0 Å². The molecule has 8 heteroatoms. The maximum absolute atomic E-state index is 12.1. The van der Waals surface area contributed by atoms with Crippen LogP contribution in [0.15, 0.2) is 42.7 Å². The Kier molecular flexibility index (Phi) is 8.29. The number of carboxylic acid groups (broad SMARTS) is 2. The molecule has 0 saturated carbocycles. The zero-order chi connectivity index (χ0) is 19.5. The molecule has 138 valence electrons. The molecule has 0 aliphatic heterocycles. The van der Waals surface area contributed by atoms with Crippen LogP contribution in [0.4, 0.5) is 0 Å². The highest BCUT2D eigenvalue weighted by atomic mass is 16.5. The van der Waals surface area contributed by atoms with Gasteiger partial charge in [-0.25, -0.2) is 14.6 Å². The molecule has 0 fully saturated rings. The highest BCUT2D eigenvalue weighted by Gasteiger charge is 2.12. The van der Waals surface area contributed by atoms with Gasteiger partial charge in [0.05, 0.1) is 24.7 Å². The lowest BCUT2D eigenvalue weighted by atomic mass is 10.0. The van der Waals surface area contributed by atoms with Gasteiger partial charge in [-0.2, -0.15) is 0 Å². The number of methoxy groups -OCH3 is 1. The van der Waals surface area contributed by atoms with Gasteiger partial charge in [0.1, 0.15) is 5.75 Å². The van der Waals surface area contributed by atoms with Crippen molar-refractivity contribution in [3.05, 3.63) is 59.7 Å². The normalized spacial score (nSPS) is 10.1. The number of rotatable bonds is 7. The first-order valence-electron chi connectivity index (χ1n) is 7.64. The van der Waals surface area contributed by atoms with E-state index in [-0.39, 0.29) is 5.78 Å². The fraction of sp³-hybridized carbons (Fsp3) is 0.222. The number of aromatic nitrogens is 2. The van der Waals surface area contributed by atoms with Gasteiger partial charge in [-0.05, 0) is 25.5 Å². The number of aromatic amines is 1. The van der Waals surface area contributed by atoms with Crippen LogP contribution in [0, 0.1) is 6.92 Å². The van der Waals surface area contributed by atoms with Crippen molar-refractivity contribution in [2.24, 2.45) is 0 Å². The van der Waals surface area contributed by atoms with Gasteiger partial charge in [0.2, 0.25) is 0 Å². The number of Topliss-reactive ketones (excluding diaryl/α,β-unsaturated/α-hetero) is 1. The van der Waals surface area contributed by atoms with Crippen LogP contribution in [-0.2, 0) is 16.0 Å². The highest BCUT2D eigenvalue weighted by Crippen LogP contribution is 2.19. The summed E-state index contributed by atoms with van der Waals surface area (Å²) >= 11 is 0. The Labute approximate surface area is 150 Å². The molecule has 3 N–H and O–H groups in total. The van der Waals surface area contributed by atoms with Gasteiger partial charge in [-0.1, -0.05) is 12.1 Å². The second-order valence-corrected chi connectivity index (χ2v) is 5.11. The lowest BCUT2D eigenvalue weighted by Crippen LogP contribution is -2.04. The summed E-state index contributed by atoms with van der Waals surface area (Å²) in [5, 5.41) is 15.6. The number of hydrogen-bond acceptors (Lipinski definition) is 5. The number of carboxylic acids is 2. The van der Waals surface area contributed by atoms with E-state index in [2.05, 4.69) is 9.97 Å². The number of nitrogens with zero attached hydrogens (tertiary/aromatic N) is 1. The Morgan fingerprint density at radius 3 is 2.27 bits per heavy atom. The molecule has 0 atom stereocenters. The molecule has 0 spiro atoms. The van der Waals surface area contributed by atoms with Crippen molar-refractivity contribution in [2.75, 3.05) is 7.11 Å². The SMILES string of the molecule is COc1ccccc1C(=O)CCc1nc[nH]c1C.O=C(O)/C=C\C(=O)O. The molecule has 0 aliphatic carbocycles. The molecule has 0 saturated heterocycles. The molecule has 0 bridgehead atoms. The molecule has 0 radical (unpaired) electrons. The molecular weight excluding hydrogens is 340 g/mol. The molecule has 0 amide bonds. The average Bonchev–Trinajstić information content (AvgIpc) is 3.03. The molecule has 1 heterocycles. The number of benzene rings is 1. The maximum Gasteiger partial charge on any atom is 0.328 e. The zero-order valence-corrected chi connectivity index (χ0v) is 14.4. The van der Waals surface area contributed by atoms with E-state index in [9.17, 15) is 14.4 Å². The molecular formula is C18H20N2O6. The molecule has 0 unspecified atom stereocenters. The van der Waals surface area contributed by atoms with Crippen LogP contribution in [0.2, 0.25) is 0 Å². The second kappa shape index (κ2) is 10.4. The van der Waals surface area contributed by atoms with Crippen LogP contribution in [0.5, 0.6) is 5.75 Å². The van der Waals surface area contributed by atoms with E-state index in [0.29, 0.717) is 36.3 Å². The molecule has 1 aromatic heterocycles. The van der Waals surface area contributed by atoms with Gasteiger partial charge in [0.15, 0.2) is 5.78 Å². The van der Waals surface area contributed by atoms with Gasteiger partial charge < -0.3 is 19.9 Å². The number of H-pyrrole nitrogens is 1. The summed E-state index contributed by atoms with van der Waals surface area (Å²) < 4.78 is 5.18. The van der Waals surface area contributed by atoms with Crippen molar-refractivity contribution in [1.29, 1.82) is 0 Å². The number of aryl methyl sites for hydroxylation is 2. The summed E-state index contributed by atoms with van der Waals surface area (Å²) in [5.41, 5.74) is 2.59. The third kappa shape index (κ3) is 7.00. The number of aliphatic carboxylic acids is 2. The summed E-state index contributed by atoms with van der Waals surface area (Å²) in [6.45, 7) is 1.95. The van der Waals surface area contributed by atoms with Crippen LogP contribution in [0.3, 0.4) is 0 Å². The van der Waals surface area contributed by atoms with E-state index < -0.39 is 11.9 Å². The lowest BCUT2D eigenvalue weighted by molar-refractivity contribution is -0.134. The van der Waals surface area contributed by atoms with Crippen molar-refractivity contribution in [1.82, 2.24) is 9.97 Å². The third-order valence-electron chi connectivity index (χ3n) is 3.30. The van der Waals surface area contributed by atoms with Gasteiger partial charge in [0, 0.05) is 24.3 Å². The first kappa shape index (κ1) is 20.6. The third-order valence-corrected chi connectivity index (χ3v) is 3.30. The number of imidazole rings is 1. The Balaban J connectivity index is 0.000000359. The lowest BCUT2D eigenvalue weighted by Gasteiger charge is -2.06. The minimum absolute atomic E-state index is 0.0786. The Morgan fingerprint density at radius 2 is 1.77 bits per heavy atom. The van der Waals surface area contributed by atoms with Crippen molar-refractivity contribution < 1.29 is 29.3 Å². The number of para-hydroxylation sites is 1. The van der Waals surface area contributed by atoms with Gasteiger partial charge in [-0.3, -0.25) is 4.79 Å². The maximum atomic E-state index is 12.1. The predicted octanol–water partition coefficient (Wildman–Crippen LogP) is 2.25. The van der Waals surface area contributed by atoms with Crippen molar-refractivity contribution in [2.45, 2.75) is 19.8 Å². The Morgan fingerprint density at radius 1 is 1.15 bits per heavy atom. The summed E-state index contributed by atoms with van der Waals surface area (Å²) in [5.74, 6) is -1.81. The number of carbonyl (C=O) groups is 3. The standard InChI is InChI=1S/C14H16N2O2.C4H4O4/c1-10-12(16-9-15-10)7-8-13(17)11-5-3-4-6-14(11)18-2;5-3(6)1-2-4(7)8/h3-6,9H,7-8H2,1-2H3,(H,15,16);1-2H,(H,5,6)(H,7,8)/b;2-1-. The number of nitrogens with one attached hydrogen (secondary N) is 1. The summed E-state index contributed by atoms with van der Waals surface area (Å²) in [7, 11) is 1.57. The quantitative estimate of drug-likeness (QED) is 0.510. The van der Waals surface area contributed by atoms with E-state index in [0.717, 1.165) is 11.4 Å². The Bertz CT molecular complexity index is 778. The smallest absolute Gasteiger partial charge is 0.328 e. The van der Waals surface area contributed by atoms with E-state index in [1.54, 1.807) is 25.6 Å². The number of hydrogen-bond donors (Lipinski definition) is 3. The first-order chi connectivity index (χ1) is 12.3. The first-order valence-corrected chi connectivity index (χ1v) is 7.64. The summed E-state index contributed by atoms with van der Waals surface area (Å²) in [6, 6.07) is 7.29. The minimum atomic E-state index is -1.26. The largest absolute Gasteiger partial charge is 0.496 e. The fourth-order valence-corrected chi connectivity index (χ4v) is 2.02. The van der Waals surface area contributed by atoms with Crippen LogP contribution < -0.4 is 4.74 Å². The van der Waals surface area contributed by atoms with Crippen LogP contribution in [0.1, 0.15) is 28.2 Å².